The SMILES string of the molecule is C=CCN(CCN1CCOCC1)C(=O)C1N(CCCCCO)C(=O)[C@@H]2[C@H](C(=O)N(CC=C)CCC)[C@H]3SC12CC3Br. The second-order valence-corrected chi connectivity index (χ2v) is 14.3. The molecule has 0 saturated carbocycles. The molecule has 0 aromatic carbocycles. The van der Waals surface area contributed by atoms with Gasteiger partial charge in [0.2, 0.25) is 17.7 Å². The van der Waals surface area contributed by atoms with Crippen LogP contribution < -0.4 is 0 Å². The van der Waals surface area contributed by atoms with Gasteiger partial charge in [0.15, 0.2) is 0 Å². The zero-order valence-electron chi connectivity index (χ0n) is 24.4. The molecule has 1 spiro atoms. The molecule has 0 aliphatic carbocycles. The Hall–Kier alpha value is -1.40. The van der Waals surface area contributed by atoms with Crippen molar-refractivity contribution in [2.45, 2.75) is 59.9 Å². The van der Waals surface area contributed by atoms with Crippen LogP contribution in [0.5, 0.6) is 0 Å². The molecule has 6 atom stereocenters. The lowest BCUT2D eigenvalue weighted by Crippen LogP contribution is -2.56. The first-order valence-electron chi connectivity index (χ1n) is 15.2. The van der Waals surface area contributed by atoms with E-state index in [2.05, 4.69) is 34.0 Å². The Morgan fingerprint density at radius 1 is 1.10 bits per heavy atom. The summed E-state index contributed by atoms with van der Waals surface area (Å²) in [5.74, 6) is -1.12. The number of alkyl halides is 1. The summed E-state index contributed by atoms with van der Waals surface area (Å²) in [6, 6.07) is -0.634. The van der Waals surface area contributed by atoms with E-state index in [0.29, 0.717) is 65.2 Å². The normalized spacial score (nSPS) is 30.9. The highest BCUT2D eigenvalue weighted by molar-refractivity contribution is 9.09. The monoisotopic (exact) mass is 654 g/mol. The van der Waals surface area contributed by atoms with E-state index in [1.165, 1.54) is 0 Å². The molecule has 4 saturated heterocycles. The van der Waals surface area contributed by atoms with Crippen molar-refractivity contribution in [1.82, 2.24) is 19.6 Å². The number of likely N-dealkylation sites (tertiary alicyclic amines) is 1. The number of fused-ring (bicyclic) bond motifs is 1. The van der Waals surface area contributed by atoms with Gasteiger partial charge in [-0.25, -0.2) is 0 Å². The molecule has 1 N–H and O–H groups in total. The molecule has 11 heteroatoms. The van der Waals surface area contributed by atoms with Gasteiger partial charge in [0.1, 0.15) is 6.04 Å². The number of carbonyl (C=O) groups is 3. The van der Waals surface area contributed by atoms with E-state index in [1.54, 1.807) is 28.8 Å². The van der Waals surface area contributed by atoms with Crippen molar-refractivity contribution in [3.8, 4) is 0 Å². The van der Waals surface area contributed by atoms with Gasteiger partial charge < -0.3 is 24.5 Å². The average Bonchev–Trinajstić information content (AvgIpc) is 3.56. The number of aliphatic hydroxyl groups excluding tert-OH is 1. The Morgan fingerprint density at radius 2 is 1.78 bits per heavy atom. The van der Waals surface area contributed by atoms with Crippen molar-refractivity contribution in [1.29, 1.82) is 0 Å². The second kappa shape index (κ2) is 14.9. The van der Waals surface area contributed by atoms with Crippen LogP contribution in [0.1, 0.15) is 39.0 Å². The average molecular weight is 656 g/mol. The van der Waals surface area contributed by atoms with Crippen LogP contribution in [0, 0.1) is 11.8 Å². The minimum Gasteiger partial charge on any atom is -0.396 e. The first kappa shape index (κ1) is 32.5. The van der Waals surface area contributed by atoms with Crippen LogP contribution in [0.4, 0.5) is 0 Å². The quantitative estimate of drug-likeness (QED) is 0.155. The molecule has 4 fully saturated rings. The predicted octanol–water partition coefficient (Wildman–Crippen LogP) is 2.39. The van der Waals surface area contributed by atoms with Gasteiger partial charge in [-0.2, -0.15) is 0 Å². The van der Waals surface area contributed by atoms with Gasteiger partial charge in [-0.1, -0.05) is 35.0 Å². The number of carbonyl (C=O) groups excluding carboxylic acids is 3. The van der Waals surface area contributed by atoms with Crippen LogP contribution in [-0.4, -0.2) is 135 Å². The number of aliphatic hydroxyl groups is 1. The standard InChI is InChI=1S/C30H47BrN4O5S/c1-4-10-33(11-5-2)27(37)23-24-28(38)35(13-8-7-9-18-36)26(30(24)21-22(31)25(23)41-30)29(39)34(12-6-3)15-14-32-16-19-40-20-17-32/h4,6,22-26,36H,1,3,5,7-21H2,2H3/t22?,23-,24-,25-,26?,30?/m0/s1. The molecule has 3 unspecified atom stereocenters. The molecule has 0 aromatic rings. The van der Waals surface area contributed by atoms with Crippen molar-refractivity contribution in [2.75, 3.05) is 72.2 Å². The molecule has 4 aliphatic rings. The maximum absolute atomic E-state index is 14.6. The van der Waals surface area contributed by atoms with E-state index in [9.17, 15) is 19.5 Å². The summed E-state index contributed by atoms with van der Waals surface area (Å²) < 4.78 is 4.83. The molecule has 2 bridgehead atoms. The van der Waals surface area contributed by atoms with E-state index in [-0.39, 0.29) is 34.4 Å². The number of morpholine rings is 1. The number of amides is 3. The molecule has 4 aliphatic heterocycles. The molecule has 41 heavy (non-hydrogen) atoms. The summed E-state index contributed by atoms with van der Waals surface area (Å²) in [4.78, 5) is 50.8. The summed E-state index contributed by atoms with van der Waals surface area (Å²) in [6.07, 6.45) is 7.13. The summed E-state index contributed by atoms with van der Waals surface area (Å²) in [6.45, 7) is 16.2. The third kappa shape index (κ3) is 6.59. The first-order chi connectivity index (χ1) is 19.8. The lowest BCUT2D eigenvalue weighted by molar-refractivity contribution is -0.144. The van der Waals surface area contributed by atoms with Crippen molar-refractivity contribution < 1.29 is 24.2 Å². The Kier molecular flexibility index (Phi) is 11.8. The van der Waals surface area contributed by atoms with Crippen LogP contribution in [0.2, 0.25) is 0 Å². The Bertz CT molecular complexity index is 965. The summed E-state index contributed by atoms with van der Waals surface area (Å²) in [5.41, 5.74) is 0. The van der Waals surface area contributed by atoms with E-state index in [4.69, 9.17) is 4.74 Å². The molecule has 230 valence electrons. The second-order valence-electron chi connectivity index (χ2n) is 11.6. The fraction of sp³-hybridized carbons (Fsp3) is 0.767. The van der Waals surface area contributed by atoms with Gasteiger partial charge in [0.05, 0.1) is 29.8 Å². The van der Waals surface area contributed by atoms with Crippen molar-refractivity contribution in [3.05, 3.63) is 25.3 Å². The van der Waals surface area contributed by atoms with Crippen molar-refractivity contribution in [3.63, 3.8) is 0 Å². The number of nitrogens with zero attached hydrogens (tertiary/aromatic N) is 4. The predicted molar refractivity (Wildman–Crippen MR) is 166 cm³/mol. The van der Waals surface area contributed by atoms with Gasteiger partial charge in [0.25, 0.3) is 0 Å². The number of halogens is 1. The van der Waals surface area contributed by atoms with Gasteiger partial charge in [-0.15, -0.1) is 24.9 Å². The van der Waals surface area contributed by atoms with Crippen LogP contribution >= 0.6 is 27.7 Å². The molecular weight excluding hydrogens is 608 g/mol. The highest BCUT2D eigenvalue weighted by Gasteiger charge is 2.75. The largest absolute Gasteiger partial charge is 0.396 e. The molecular formula is C30H47BrN4O5S. The molecule has 9 nitrogen and oxygen atoms in total. The fourth-order valence-electron chi connectivity index (χ4n) is 7.14. The van der Waals surface area contributed by atoms with Crippen molar-refractivity contribution >= 4 is 45.4 Å². The molecule has 0 radical (unpaired) electrons. The number of hydrogen-bond donors (Lipinski definition) is 1. The van der Waals surface area contributed by atoms with Gasteiger partial charge in [-0.3, -0.25) is 19.3 Å². The summed E-state index contributed by atoms with van der Waals surface area (Å²) >= 11 is 5.57. The van der Waals surface area contributed by atoms with Crippen LogP contribution in [-0.2, 0) is 19.1 Å². The number of rotatable bonds is 16. The van der Waals surface area contributed by atoms with Crippen LogP contribution in [0.3, 0.4) is 0 Å². The van der Waals surface area contributed by atoms with E-state index in [0.717, 1.165) is 32.5 Å². The lowest BCUT2D eigenvalue weighted by Gasteiger charge is -2.39. The highest BCUT2D eigenvalue weighted by Crippen LogP contribution is 2.68. The molecule has 4 heterocycles. The minimum absolute atomic E-state index is 0.00257. The van der Waals surface area contributed by atoms with Gasteiger partial charge >= 0.3 is 0 Å². The van der Waals surface area contributed by atoms with Gasteiger partial charge in [-0.05, 0) is 32.1 Å². The van der Waals surface area contributed by atoms with E-state index >= 15 is 0 Å². The number of unbranched alkanes of at least 4 members (excludes halogenated alkanes) is 2. The third-order valence-electron chi connectivity index (χ3n) is 8.97. The first-order valence-corrected chi connectivity index (χ1v) is 17.0. The summed E-state index contributed by atoms with van der Waals surface area (Å²) in [7, 11) is 0. The highest BCUT2D eigenvalue weighted by atomic mass is 79.9. The van der Waals surface area contributed by atoms with E-state index in [1.807, 2.05) is 16.7 Å². The minimum atomic E-state index is -0.658. The van der Waals surface area contributed by atoms with Crippen molar-refractivity contribution in [2.24, 2.45) is 11.8 Å². The smallest absolute Gasteiger partial charge is 0.247 e. The topological polar surface area (TPSA) is 93.6 Å². The maximum atomic E-state index is 14.6. The Balaban J connectivity index is 1.65. The maximum Gasteiger partial charge on any atom is 0.247 e. The zero-order chi connectivity index (χ0) is 29.6. The molecule has 0 aromatic heterocycles. The molecule has 3 amide bonds. The zero-order valence-corrected chi connectivity index (χ0v) is 26.8. The number of ether oxygens (including phenoxy) is 1. The Morgan fingerprint density at radius 3 is 2.41 bits per heavy atom. The van der Waals surface area contributed by atoms with E-state index < -0.39 is 22.6 Å². The summed E-state index contributed by atoms with van der Waals surface area (Å²) in [5, 5.41) is 9.25. The van der Waals surface area contributed by atoms with Crippen LogP contribution in [0.25, 0.3) is 0 Å². The third-order valence-corrected chi connectivity index (χ3v) is 12.2. The van der Waals surface area contributed by atoms with Crippen LogP contribution in [0.15, 0.2) is 25.3 Å². The molecule has 4 rings (SSSR count). The Labute approximate surface area is 257 Å². The number of thioether (sulfide) groups is 1. The lowest BCUT2D eigenvalue weighted by atomic mass is 9.70. The number of hydrogen-bond acceptors (Lipinski definition) is 7. The fourth-order valence-corrected chi connectivity index (χ4v) is 10.7. The van der Waals surface area contributed by atoms with Gasteiger partial charge in [0, 0.05) is 69.0 Å².